The number of benzene rings is 7. The Morgan fingerprint density at radius 3 is 2.06 bits per heavy atom. The average Bonchev–Trinajstić information content (AvgIpc) is 3.85. The maximum Gasteiger partial charge on any atom is 0.120 e. The first-order valence-corrected chi connectivity index (χ1v) is 28.4. The van der Waals surface area contributed by atoms with E-state index in [2.05, 4.69) is 182 Å². The minimum absolute atomic E-state index is 0. The van der Waals surface area contributed by atoms with Gasteiger partial charge in [0.15, 0.2) is 0 Å². The molecular formula is C56H49GeIrN3O-2. The summed E-state index contributed by atoms with van der Waals surface area (Å²) >= 11 is -1.90. The Balaban J connectivity index is 0.000000205. The average molecular weight is 1040 g/mol. The molecule has 0 N–H and O–H groups in total. The molecule has 0 aliphatic carbocycles. The first-order valence-electron chi connectivity index (χ1n) is 21.0. The number of pyridine rings is 1. The smallest absolute Gasteiger partial charge is 0.120 e. The van der Waals surface area contributed by atoms with Crippen LogP contribution in [-0.2, 0) is 26.5 Å². The molecule has 1 radical (unpaired) electrons. The van der Waals surface area contributed by atoms with E-state index in [0.717, 1.165) is 78.9 Å². The second kappa shape index (κ2) is 17.9. The fourth-order valence-corrected chi connectivity index (χ4v) is 11.6. The number of nitrogens with zero attached hydrogens (tertiary/aromatic N) is 3. The summed E-state index contributed by atoms with van der Waals surface area (Å²) in [6, 6.07) is 65.4. The number of rotatable bonds is 7. The molecule has 0 aliphatic heterocycles. The second-order valence-corrected chi connectivity index (χ2v) is 28.5. The van der Waals surface area contributed by atoms with Crippen LogP contribution >= 0.6 is 0 Å². The van der Waals surface area contributed by atoms with Crippen molar-refractivity contribution in [1.82, 2.24) is 14.5 Å². The van der Waals surface area contributed by atoms with E-state index in [-0.39, 0.29) is 20.1 Å². The summed E-state index contributed by atoms with van der Waals surface area (Å²) in [5.74, 6) is 8.13. The van der Waals surface area contributed by atoms with Crippen molar-refractivity contribution in [2.24, 2.45) is 5.41 Å². The van der Waals surface area contributed by atoms with Gasteiger partial charge in [0.1, 0.15) is 5.58 Å². The van der Waals surface area contributed by atoms with Crippen LogP contribution in [0.2, 0.25) is 17.3 Å². The van der Waals surface area contributed by atoms with E-state index in [1.807, 2.05) is 48.5 Å². The van der Waals surface area contributed by atoms with Gasteiger partial charge in [0.05, 0.1) is 22.4 Å². The van der Waals surface area contributed by atoms with Gasteiger partial charge < -0.3 is 8.98 Å². The molecule has 0 amide bonds. The summed E-state index contributed by atoms with van der Waals surface area (Å²) in [6.45, 7) is 6.92. The molecule has 4 nitrogen and oxygen atoms in total. The zero-order valence-corrected chi connectivity index (χ0v) is 40.5. The summed E-state index contributed by atoms with van der Waals surface area (Å²) in [4.78, 5) is 9.89. The molecule has 0 saturated carbocycles. The van der Waals surface area contributed by atoms with Crippen molar-refractivity contribution in [3.05, 3.63) is 194 Å². The Kier molecular flexibility index (Phi) is 12.3. The van der Waals surface area contributed by atoms with Crippen molar-refractivity contribution in [2.75, 3.05) is 0 Å². The molecule has 7 aromatic carbocycles. The van der Waals surface area contributed by atoms with E-state index < -0.39 is 13.3 Å². The van der Waals surface area contributed by atoms with E-state index in [1.54, 1.807) is 0 Å². The zero-order valence-electron chi connectivity index (χ0n) is 36.0. The Morgan fingerprint density at radius 1 is 0.645 bits per heavy atom. The van der Waals surface area contributed by atoms with Gasteiger partial charge in [0.2, 0.25) is 0 Å². The van der Waals surface area contributed by atoms with Gasteiger partial charge in [0.25, 0.3) is 0 Å². The monoisotopic (exact) mass is 1050 g/mol. The molecule has 0 unspecified atom stereocenters. The Labute approximate surface area is 381 Å². The molecule has 0 atom stereocenters. The van der Waals surface area contributed by atoms with E-state index in [4.69, 9.17) is 14.4 Å². The SMILES string of the molecule is CC(C)(C)Cc1cc(-c2[c-]cccc2)nc[c]1[Ge]([CH3])([CH3])[CH3].[Ir].[c-]1ccc2c(oc3ccccc32)c1-c1nc2ccccc2n1-c1ccc(-c2ccccc2)cc1-c1ccccc1. The number of hydrogen-bond donors (Lipinski definition) is 0. The Hall–Kier alpha value is -5.85. The molecule has 0 saturated heterocycles. The third-order valence-electron chi connectivity index (χ3n) is 11.1. The predicted octanol–water partition coefficient (Wildman–Crippen LogP) is 14.4. The molecule has 3 aromatic heterocycles. The van der Waals surface area contributed by atoms with Crippen LogP contribution in [0, 0.1) is 17.5 Å². The number of aromatic nitrogens is 3. The fraction of sp³-hybridized carbons (Fsp3) is 0.143. The Bertz CT molecular complexity index is 3120. The first-order chi connectivity index (χ1) is 29.5. The van der Waals surface area contributed by atoms with Crippen LogP contribution in [0.4, 0.5) is 0 Å². The van der Waals surface area contributed by atoms with Gasteiger partial charge in [-0.25, -0.2) is 0 Å². The molecule has 10 rings (SSSR count). The van der Waals surface area contributed by atoms with Gasteiger partial charge >= 0.3 is 132 Å². The zero-order chi connectivity index (χ0) is 42.1. The predicted molar refractivity (Wildman–Crippen MR) is 258 cm³/mol. The summed E-state index contributed by atoms with van der Waals surface area (Å²) in [6.07, 6.45) is 3.24. The molecule has 0 aliphatic rings. The van der Waals surface area contributed by atoms with Gasteiger partial charge in [-0.1, -0.05) is 108 Å². The standard InChI is InChI=1S/C37H23N2O.C19H26GeN.Ir/c1-3-12-25(13-4-1)27-22-23-33(31(24-27)26-14-5-2-6-15-26)39-34-20-9-8-19-32(34)38-37(39)30-18-11-17-29-28-16-7-10-21-35(28)40-36(29)30;1-19(2,3)13-16-12-18(15-10-8-7-9-11-15)21-14-17(16)20(4,5)6;/h1-17,19-24H;7-10,12,14H,13H2,1-6H3;/q2*-1;. The van der Waals surface area contributed by atoms with Crippen LogP contribution in [0.25, 0.3) is 83.6 Å². The molecule has 62 heavy (non-hydrogen) atoms. The van der Waals surface area contributed by atoms with Crippen molar-refractivity contribution in [2.45, 2.75) is 44.5 Å². The van der Waals surface area contributed by atoms with Gasteiger partial charge in [0, 0.05) is 36.7 Å². The van der Waals surface area contributed by atoms with E-state index in [0.29, 0.717) is 5.41 Å². The molecule has 3 heterocycles. The van der Waals surface area contributed by atoms with Crippen LogP contribution in [0.3, 0.4) is 0 Å². The second-order valence-electron chi connectivity index (χ2n) is 17.9. The van der Waals surface area contributed by atoms with Gasteiger partial charge in [-0.15, -0.1) is 18.2 Å². The van der Waals surface area contributed by atoms with Crippen molar-refractivity contribution >= 4 is 50.6 Å². The number of hydrogen-bond acceptors (Lipinski definition) is 3. The maximum absolute atomic E-state index is 6.43. The molecule has 6 heteroatoms. The molecule has 0 spiro atoms. The number of imidazole rings is 1. The summed E-state index contributed by atoms with van der Waals surface area (Å²) in [5.41, 5.74) is 14.0. The summed E-state index contributed by atoms with van der Waals surface area (Å²) in [7, 11) is 0. The minimum atomic E-state index is -1.90. The van der Waals surface area contributed by atoms with Crippen LogP contribution in [-0.4, -0.2) is 27.8 Å². The number of para-hydroxylation sites is 3. The summed E-state index contributed by atoms with van der Waals surface area (Å²) in [5, 5.41) is 2.15. The fourth-order valence-electron chi connectivity index (χ4n) is 8.27. The largest absolute Gasteiger partial charge is 0.501 e. The maximum atomic E-state index is 6.43. The minimum Gasteiger partial charge on any atom is -0.501 e. The van der Waals surface area contributed by atoms with Crippen molar-refractivity contribution in [1.29, 1.82) is 0 Å². The molecule has 10 aromatic rings. The van der Waals surface area contributed by atoms with Crippen molar-refractivity contribution in [3.8, 4) is 50.6 Å². The quantitative estimate of drug-likeness (QED) is 0.118. The van der Waals surface area contributed by atoms with E-state index >= 15 is 0 Å². The number of furan rings is 1. The van der Waals surface area contributed by atoms with Gasteiger partial charge in [-0.05, 0) is 47.0 Å². The molecule has 309 valence electrons. The summed E-state index contributed by atoms with van der Waals surface area (Å²) < 4.78 is 10.2. The normalized spacial score (nSPS) is 11.6. The van der Waals surface area contributed by atoms with E-state index in [9.17, 15) is 0 Å². The van der Waals surface area contributed by atoms with Gasteiger partial charge in [-0.2, -0.15) is 0 Å². The molecular weight excluding hydrogens is 995 g/mol. The Morgan fingerprint density at radius 2 is 1.34 bits per heavy atom. The molecule has 0 fully saturated rings. The molecule has 0 bridgehead atoms. The van der Waals surface area contributed by atoms with Crippen molar-refractivity contribution < 1.29 is 24.5 Å². The van der Waals surface area contributed by atoms with Crippen LogP contribution in [0.1, 0.15) is 26.3 Å². The third kappa shape index (κ3) is 8.89. The van der Waals surface area contributed by atoms with Crippen LogP contribution < -0.4 is 4.40 Å². The topological polar surface area (TPSA) is 43.9 Å². The number of fused-ring (bicyclic) bond motifs is 4. The van der Waals surface area contributed by atoms with Crippen molar-refractivity contribution in [3.63, 3.8) is 0 Å². The van der Waals surface area contributed by atoms with Crippen LogP contribution in [0.15, 0.2) is 180 Å². The van der Waals surface area contributed by atoms with Gasteiger partial charge in [-0.3, -0.25) is 4.98 Å². The van der Waals surface area contributed by atoms with Crippen LogP contribution in [0.5, 0.6) is 0 Å². The third-order valence-corrected chi connectivity index (χ3v) is 15.4. The van der Waals surface area contributed by atoms with E-state index in [1.165, 1.54) is 21.1 Å². The first kappa shape index (κ1) is 42.8.